The number of primary sulfonamides is 1. The van der Waals surface area contributed by atoms with Crippen molar-refractivity contribution in [2.45, 2.75) is 25.0 Å². The Morgan fingerprint density at radius 2 is 1.88 bits per heavy atom. The van der Waals surface area contributed by atoms with Gasteiger partial charge in [-0.2, -0.15) is 0 Å². The van der Waals surface area contributed by atoms with Crippen molar-refractivity contribution >= 4 is 33.0 Å². The Morgan fingerprint density at radius 3 is 2.48 bits per heavy atom. The Labute approximate surface area is 197 Å². The van der Waals surface area contributed by atoms with E-state index < -0.39 is 16.0 Å². The minimum Gasteiger partial charge on any atom is -0.493 e. The molecule has 3 rings (SSSR count). The third-order valence-corrected chi connectivity index (χ3v) is 6.74. The summed E-state index contributed by atoms with van der Waals surface area (Å²) in [5.74, 6) is 0.576. The number of thiophene rings is 1. The van der Waals surface area contributed by atoms with Gasteiger partial charge < -0.3 is 19.1 Å². The fourth-order valence-electron chi connectivity index (χ4n) is 3.30. The molecule has 8 nitrogen and oxygen atoms in total. The standard InChI is InChI=1S/C23H26N2O6S2/c1-4-25(20-9-8-18(33(24,27)28)13-19(20)23(26)30-3)14-16-7-10-21(22(12-16)29-2)31-15-17-6-5-11-32-17/h5-13H,4,14-15H2,1-3H3,(H2,24,27,28). The van der Waals surface area contributed by atoms with Gasteiger partial charge in [0.2, 0.25) is 10.0 Å². The van der Waals surface area contributed by atoms with E-state index in [2.05, 4.69) is 0 Å². The zero-order valence-corrected chi connectivity index (χ0v) is 20.2. The summed E-state index contributed by atoms with van der Waals surface area (Å²) in [6.07, 6.45) is 0. The second-order valence-electron chi connectivity index (χ2n) is 7.08. The number of sulfonamides is 1. The number of methoxy groups -OCH3 is 2. The molecule has 0 amide bonds. The van der Waals surface area contributed by atoms with Gasteiger partial charge in [-0.1, -0.05) is 12.1 Å². The summed E-state index contributed by atoms with van der Waals surface area (Å²) in [5.41, 5.74) is 1.57. The average Bonchev–Trinajstić information content (AvgIpc) is 3.33. The monoisotopic (exact) mass is 490 g/mol. The third kappa shape index (κ3) is 6.04. The Morgan fingerprint density at radius 1 is 1.09 bits per heavy atom. The van der Waals surface area contributed by atoms with Crippen LogP contribution in [0, 0.1) is 0 Å². The van der Waals surface area contributed by atoms with Crippen LogP contribution in [0.3, 0.4) is 0 Å². The molecule has 0 aliphatic heterocycles. The zero-order valence-electron chi connectivity index (χ0n) is 18.6. The molecule has 2 aromatic carbocycles. The smallest absolute Gasteiger partial charge is 0.340 e. The van der Waals surface area contributed by atoms with E-state index in [0.717, 1.165) is 10.4 Å². The summed E-state index contributed by atoms with van der Waals surface area (Å²) in [6, 6.07) is 13.8. The number of nitrogens with zero attached hydrogens (tertiary/aromatic N) is 1. The first-order valence-electron chi connectivity index (χ1n) is 10.1. The number of rotatable bonds is 10. The van der Waals surface area contributed by atoms with Gasteiger partial charge in [0.05, 0.1) is 30.4 Å². The number of hydrogen-bond acceptors (Lipinski definition) is 8. The van der Waals surface area contributed by atoms with E-state index in [-0.39, 0.29) is 10.5 Å². The molecule has 0 aliphatic carbocycles. The Hall–Kier alpha value is -3.08. The van der Waals surface area contributed by atoms with Crippen LogP contribution in [0.2, 0.25) is 0 Å². The molecule has 0 atom stereocenters. The number of hydrogen-bond donors (Lipinski definition) is 1. The number of esters is 1. The van der Waals surface area contributed by atoms with Crippen molar-refractivity contribution in [2.24, 2.45) is 5.14 Å². The van der Waals surface area contributed by atoms with Gasteiger partial charge in [0.1, 0.15) is 6.61 Å². The van der Waals surface area contributed by atoms with Crippen LogP contribution >= 0.6 is 11.3 Å². The highest BCUT2D eigenvalue weighted by molar-refractivity contribution is 7.89. The van der Waals surface area contributed by atoms with Gasteiger partial charge >= 0.3 is 5.97 Å². The van der Waals surface area contributed by atoms with E-state index in [9.17, 15) is 13.2 Å². The topological polar surface area (TPSA) is 108 Å². The van der Waals surface area contributed by atoms with E-state index >= 15 is 0 Å². The third-order valence-electron chi connectivity index (χ3n) is 4.98. The minimum absolute atomic E-state index is 0.119. The molecule has 0 aliphatic rings. The lowest BCUT2D eigenvalue weighted by atomic mass is 10.1. The molecule has 3 aromatic rings. The molecule has 10 heteroatoms. The summed E-state index contributed by atoms with van der Waals surface area (Å²) in [5, 5.41) is 7.23. The summed E-state index contributed by atoms with van der Waals surface area (Å²) < 4.78 is 39.8. The lowest BCUT2D eigenvalue weighted by Gasteiger charge is -2.26. The van der Waals surface area contributed by atoms with Crippen molar-refractivity contribution in [3.8, 4) is 11.5 Å². The second kappa shape index (κ2) is 10.7. The number of ether oxygens (including phenoxy) is 3. The molecule has 0 saturated heterocycles. The fraction of sp³-hybridized carbons (Fsp3) is 0.261. The van der Waals surface area contributed by atoms with Gasteiger partial charge in [0, 0.05) is 18.0 Å². The van der Waals surface area contributed by atoms with Gasteiger partial charge in [0.25, 0.3) is 0 Å². The van der Waals surface area contributed by atoms with E-state index in [0.29, 0.717) is 36.9 Å². The van der Waals surface area contributed by atoms with E-state index in [1.54, 1.807) is 24.5 Å². The number of carbonyl (C=O) groups excluding carboxylic acids is 1. The van der Waals surface area contributed by atoms with E-state index in [4.69, 9.17) is 19.3 Å². The maximum Gasteiger partial charge on any atom is 0.340 e. The first-order chi connectivity index (χ1) is 15.8. The van der Waals surface area contributed by atoms with Gasteiger partial charge in [0.15, 0.2) is 11.5 Å². The van der Waals surface area contributed by atoms with Crippen molar-refractivity contribution < 1.29 is 27.4 Å². The largest absolute Gasteiger partial charge is 0.493 e. The number of anilines is 1. The lowest BCUT2D eigenvalue weighted by Crippen LogP contribution is -2.25. The molecule has 0 radical (unpaired) electrons. The Kier molecular flexibility index (Phi) is 7.96. The van der Waals surface area contributed by atoms with E-state index in [1.165, 1.54) is 19.2 Å². The van der Waals surface area contributed by atoms with Crippen LogP contribution in [0.5, 0.6) is 11.5 Å². The summed E-state index contributed by atoms with van der Waals surface area (Å²) in [7, 11) is -1.15. The maximum atomic E-state index is 12.4. The van der Waals surface area contributed by atoms with Gasteiger partial charge in [-0.05, 0) is 54.3 Å². The molecule has 0 spiro atoms. The summed E-state index contributed by atoms with van der Waals surface area (Å²) in [6.45, 7) is 3.38. The average molecular weight is 491 g/mol. The zero-order chi connectivity index (χ0) is 24.0. The first kappa shape index (κ1) is 24.6. The van der Waals surface area contributed by atoms with Crippen LogP contribution in [-0.4, -0.2) is 35.2 Å². The molecule has 33 heavy (non-hydrogen) atoms. The SMILES string of the molecule is CCN(Cc1ccc(OCc2cccs2)c(OC)c1)c1ccc(S(N)(=O)=O)cc1C(=O)OC. The Bertz CT molecular complexity index is 1210. The molecular weight excluding hydrogens is 464 g/mol. The van der Waals surface area contributed by atoms with Gasteiger partial charge in [-0.15, -0.1) is 11.3 Å². The molecule has 0 unspecified atom stereocenters. The van der Waals surface area contributed by atoms with Crippen molar-refractivity contribution in [2.75, 3.05) is 25.7 Å². The van der Waals surface area contributed by atoms with Crippen molar-refractivity contribution in [1.29, 1.82) is 0 Å². The van der Waals surface area contributed by atoms with Crippen molar-refractivity contribution in [3.05, 3.63) is 69.9 Å². The van der Waals surface area contributed by atoms with Gasteiger partial charge in [-0.25, -0.2) is 18.4 Å². The van der Waals surface area contributed by atoms with Crippen LogP contribution in [0.15, 0.2) is 58.8 Å². The second-order valence-corrected chi connectivity index (χ2v) is 9.68. The highest BCUT2D eigenvalue weighted by Crippen LogP contribution is 2.31. The molecule has 2 N–H and O–H groups in total. The lowest BCUT2D eigenvalue weighted by molar-refractivity contribution is 0.0601. The number of carbonyl (C=O) groups is 1. The molecular formula is C23H26N2O6S2. The normalized spacial score (nSPS) is 11.2. The Balaban J connectivity index is 1.87. The van der Waals surface area contributed by atoms with Crippen LogP contribution in [0.4, 0.5) is 5.69 Å². The highest BCUT2D eigenvalue weighted by Gasteiger charge is 2.21. The van der Waals surface area contributed by atoms with Crippen LogP contribution in [-0.2, 0) is 27.9 Å². The molecule has 0 bridgehead atoms. The predicted octanol–water partition coefficient (Wildman–Crippen LogP) is 3.80. The fourth-order valence-corrected chi connectivity index (χ4v) is 4.46. The molecule has 1 heterocycles. The predicted molar refractivity (Wildman–Crippen MR) is 128 cm³/mol. The van der Waals surface area contributed by atoms with Gasteiger partial charge in [-0.3, -0.25) is 0 Å². The summed E-state index contributed by atoms with van der Waals surface area (Å²) >= 11 is 1.62. The number of nitrogens with two attached hydrogens (primary N) is 1. The van der Waals surface area contributed by atoms with Crippen LogP contribution in [0.1, 0.15) is 27.7 Å². The molecule has 0 saturated carbocycles. The molecule has 1 aromatic heterocycles. The van der Waals surface area contributed by atoms with Crippen molar-refractivity contribution in [3.63, 3.8) is 0 Å². The quantitative estimate of drug-likeness (QED) is 0.431. The minimum atomic E-state index is -3.97. The van der Waals surface area contributed by atoms with Crippen molar-refractivity contribution in [1.82, 2.24) is 0 Å². The summed E-state index contributed by atoms with van der Waals surface area (Å²) in [4.78, 5) is 15.3. The molecule has 176 valence electrons. The highest BCUT2D eigenvalue weighted by atomic mass is 32.2. The van der Waals surface area contributed by atoms with E-state index in [1.807, 2.05) is 47.5 Å². The first-order valence-corrected chi connectivity index (χ1v) is 12.5. The van der Waals surface area contributed by atoms with Crippen LogP contribution in [0.25, 0.3) is 0 Å². The molecule has 0 fully saturated rings. The van der Waals surface area contributed by atoms with Crippen LogP contribution < -0.4 is 19.5 Å². The number of benzene rings is 2. The maximum absolute atomic E-state index is 12.4.